The van der Waals surface area contributed by atoms with Crippen molar-refractivity contribution in [3.63, 3.8) is 0 Å². The predicted molar refractivity (Wildman–Crippen MR) is 155 cm³/mol. The Hall–Kier alpha value is -3.41. The van der Waals surface area contributed by atoms with Crippen LogP contribution in [0.3, 0.4) is 0 Å². The number of hydrogen-bond donors (Lipinski definition) is 1. The summed E-state index contributed by atoms with van der Waals surface area (Å²) >= 11 is 0. The Kier molecular flexibility index (Phi) is 9.09. The fourth-order valence-electron chi connectivity index (χ4n) is 5.34. The summed E-state index contributed by atoms with van der Waals surface area (Å²) in [5, 5.41) is 9.85. The zero-order valence-electron chi connectivity index (χ0n) is 24.7. The molecule has 0 atom stereocenters. The molecule has 39 heavy (non-hydrogen) atoms. The van der Waals surface area contributed by atoms with Crippen LogP contribution in [0, 0.1) is 5.41 Å². The first-order chi connectivity index (χ1) is 18.2. The van der Waals surface area contributed by atoms with E-state index >= 15 is 0 Å². The second kappa shape index (κ2) is 11.8. The summed E-state index contributed by atoms with van der Waals surface area (Å²) in [4.78, 5) is 37.6. The third-order valence-electron chi connectivity index (χ3n) is 7.94. The highest BCUT2D eigenvalue weighted by atomic mass is 16.4. The largest absolute Gasteiger partial charge is 0.480 e. The number of nitrogens with zero attached hydrogens (tertiary/aromatic N) is 1. The van der Waals surface area contributed by atoms with Crippen molar-refractivity contribution in [2.45, 2.75) is 85.5 Å². The number of furan rings is 1. The average Bonchev–Trinajstić information content (AvgIpc) is 3.30. The molecule has 0 radical (unpaired) electrons. The molecule has 0 spiro atoms. The third-order valence-corrected chi connectivity index (χ3v) is 7.94. The van der Waals surface area contributed by atoms with E-state index in [1.165, 1.54) is 28.6 Å². The summed E-state index contributed by atoms with van der Waals surface area (Å²) in [7, 11) is 1.48. The minimum absolute atomic E-state index is 0.270. The highest BCUT2D eigenvalue weighted by molar-refractivity contribution is 5.99. The number of rotatable bonds is 11. The van der Waals surface area contributed by atoms with Gasteiger partial charge in [0.15, 0.2) is 0 Å². The molecule has 0 bridgehead atoms. The summed E-state index contributed by atoms with van der Waals surface area (Å²) in [6, 6.07) is 13.9. The molecule has 1 N–H and O–H groups in total. The molecule has 3 rings (SSSR count). The smallest absolute Gasteiger partial charge is 0.323 e. The monoisotopic (exact) mass is 533 g/mol. The normalized spacial score (nSPS) is 12.2. The van der Waals surface area contributed by atoms with Crippen molar-refractivity contribution in [1.82, 2.24) is 4.90 Å². The number of benzene rings is 2. The van der Waals surface area contributed by atoms with Crippen LogP contribution < -0.4 is 0 Å². The Labute approximate surface area is 232 Å². The van der Waals surface area contributed by atoms with Crippen molar-refractivity contribution in [3.05, 3.63) is 70.5 Å². The van der Waals surface area contributed by atoms with Crippen LogP contribution in [-0.4, -0.2) is 41.3 Å². The van der Waals surface area contributed by atoms with Gasteiger partial charge in [-0.1, -0.05) is 66.7 Å². The van der Waals surface area contributed by atoms with Gasteiger partial charge in [-0.05, 0) is 66.1 Å². The summed E-state index contributed by atoms with van der Waals surface area (Å²) in [6.45, 7) is 14.3. The maximum atomic E-state index is 12.8. The van der Waals surface area contributed by atoms with Gasteiger partial charge in [-0.2, -0.15) is 0 Å². The van der Waals surface area contributed by atoms with E-state index < -0.39 is 5.97 Å². The lowest BCUT2D eigenvalue weighted by Gasteiger charge is -2.31. The standard InChI is InChI=1S/C33H43NO5/c1-9-33(10-2,25-14-11-22(26(19-25)21(3)4)13-16-28(35)32(5,6)7)29-18-24-17-23(12-15-27(24)39-29)31(38)34(8)20-30(36)37/h11-12,14-15,17-19,21H,9-10,13,16,20H2,1-8H3,(H,36,37). The first-order valence-electron chi connectivity index (χ1n) is 13.9. The van der Waals surface area contributed by atoms with Crippen LogP contribution in [0.25, 0.3) is 11.0 Å². The number of hydrogen-bond acceptors (Lipinski definition) is 4. The first kappa shape index (κ1) is 30.1. The molecule has 0 aliphatic heterocycles. The molecular formula is C33H43NO5. The van der Waals surface area contributed by atoms with Crippen LogP contribution in [0.4, 0.5) is 0 Å². The van der Waals surface area contributed by atoms with E-state index in [1.54, 1.807) is 18.2 Å². The molecular weight excluding hydrogens is 490 g/mol. The van der Waals surface area contributed by atoms with Gasteiger partial charge in [-0.15, -0.1) is 0 Å². The van der Waals surface area contributed by atoms with Crippen molar-refractivity contribution in [2.24, 2.45) is 5.41 Å². The number of carbonyl (C=O) groups excluding carboxylic acids is 2. The summed E-state index contributed by atoms with van der Waals surface area (Å²) in [6.07, 6.45) is 2.92. The molecule has 1 aromatic heterocycles. The fraction of sp³-hybridized carbons (Fsp3) is 0.485. The molecule has 6 nitrogen and oxygen atoms in total. The Bertz CT molecular complexity index is 1350. The quantitative estimate of drug-likeness (QED) is 0.278. The molecule has 0 saturated heterocycles. The molecule has 0 saturated carbocycles. The lowest BCUT2D eigenvalue weighted by atomic mass is 9.72. The lowest BCUT2D eigenvalue weighted by Crippen LogP contribution is -2.31. The maximum Gasteiger partial charge on any atom is 0.323 e. The van der Waals surface area contributed by atoms with E-state index in [2.05, 4.69) is 45.9 Å². The molecule has 3 aromatic rings. The third kappa shape index (κ3) is 6.43. The summed E-state index contributed by atoms with van der Waals surface area (Å²) < 4.78 is 6.41. The predicted octanol–water partition coefficient (Wildman–Crippen LogP) is 7.37. The molecule has 210 valence electrons. The Morgan fingerprint density at radius 3 is 2.21 bits per heavy atom. The van der Waals surface area contributed by atoms with Crippen molar-refractivity contribution in [2.75, 3.05) is 13.6 Å². The molecule has 1 heterocycles. The van der Waals surface area contributed by atoms with Crippen LogP contribution in [0.1, 0.15) is 106 Å². The second-order valence-electron chi connectivity index (χ2n) is 11.9. The van der Waals surface area contributed by atoms with Gasteiger partial charge < -0.3 is 14.4 Å². The molecule has 0 fully saturated rings. The van der Waals surface area contributed by atoms with E-state index in [0.717, 1.165) is 30.4 Å². The molecule has 0 aliphatic carbocycles. The molecule has 0 unspecified atom stereocenters. The minimum Gasteiger partial charge on any atom is -0.480 e. The number of carboxylic acid groups (broad SMARTS) is 1. The van der Waals surface area contributed by atoms with Gasteiger partial charge in [0, 0.05) is 29.8 Å². The lowest BCUT2D eigenvalue weighted by molar-refractivity contribution is -0.137. The molecule has 0 aliphatic rings. The Morgan fingerprint density at radius 1 is 0.974 bits per heavy atom. The summed E-state index contributed by atoms with van der Waals surface area (Å²) in [5.41, 5.74) is 4.07. The number of carbonyl (C=O) groups is 3. The highest BCUT2D eigenvalue weighted by Gasteiger charge is 2.35. The minimum atomic E-state index is -1.05. The first-order valence-corrected chi connectivity index (χ1v) is 13.9. The average molecular weight is 534 g/mol. The number of aryl methyl sites for hydroxylation is 1. The topological polar surface area (TPSA) is 87.8 Å². The fourth-order valence-corrected chi connectivity index (χ4v) is 5.34. The Balaban J connectivity index is 2.01. The van der Waals surface area contributed by atoms with Gasteiger partial charge >= 0.3 is 5.97 Å². The molecule has 1 amide bonds. The maximum absolute atomic E-state index is 12.8. The zero-order valence-corrected chi connectivity index (χ0v) is 24.7. The number of carboxylic acids is 1. The van der Waals surface area contributed by atoms with Gasteiger partial charge in [0.05, 0.1) is 5.41 Å². The van der Waals surface area contributed by atoms with E-state index in [4.69, 9.17) is 9.52 Å². The Morgan fingerprint density at radius 2 is 1.64 bits per heavy atom. The number of Topliss-reactive ketones (excluding diaryl/α,β-unsaturated/α-hetero) is 1. The van der Waals surface area contributed by atoms with Crippen LogP contribution in [0.5, 0.6) is 0 Å². The second-order valence-corrected chi connectivity index (χ2v) is 11.9. The SMILES string of the molecule is CCC(CC)(c1ccc(CCC(=O)C(C)(C)C)c(C(C)C)c1)c1cc2cc(C(=O)N(C)CC(=O)O)ccc2o1. The molecule has 6 heteroatoms. The zero-order chi connectivity index (χ0) is 29.1. The van der Waals surface area contributed by atoms with E-state index in [-0.39, 0.29) is 29.1 Å². The van der Waals surface area contributed by atoms with Gasteiger partial charge in [0.25, 0.3) is 5.91 Å². The van der Waals surface area contributed by atoms with Gasteiger partial charge in [0.2, 0.25) is 0 Å². The van der Waals surface area contributed by atoms with Crippen LogP contribution >= 0.6 is 0 Å². The van der Waals surface area contributed by atoms with Crippen molar-refractivity contribution < 1.29 is 23.9 Å². The van der Waals surface area contributed by atoms with Gasteiger partial charge in [-0.25, -0.2) is 0 Å². The van der Waals surface area contributed by atoms with E-state index in [0.29, 0.717) is 23.5 Å². The van der Waals surface area contributed by atoms with Crippen molar-refractivity contribution in [1.29, 1.82) is 0 Å². The van der Waals surface area contributed by atoms with Gasteiger partial charge in [0.1, 0.15) is 23.7 Å². The van der Waals surface area contributed by atoms with Crippen LogP contribution in [-0.2, 0) is 21.4 Å². The summed E-state index contributed by atoms with van der Waals surface area (Å²) in [5.74, 6) is 0.0220. The van der Waals surface area contributed by atoms with Gasteiger partial charge in [-0.3, -0.25) is 14.4 Å². The number of fused-ring (bicyclic) bond motifs is 1. The molecule has 2 aromatic carbocycles. The number of amides is 1. The number of aliphatic carboxylic acids is 1. The number of ketones is 1. The van der Waals surface area contributed by atoms with E-state index in [9.17, 15) is 14.4 Å². The van der Waals surface area contributed by atoms with Crippen LogP contribution in [0.2, 0.25) is 0 Å². The highest BCUT2D eigenvalue weighted by Crippen LogP contribution is 2.42. The van der Waals surface area contributed by atoms with Crippen molar-refractivity contribution >= 4 is 28.6 Å². The van der Waals surface area contributed by atoms with Crippen LogP contribution in [0.15, 0.2) is 46.9 Å². The van der Waals surface area contributed by atoms with E-state index in [1.807, 2.05) is 26.8 Å². The van der Waals surface area contributed by atoms with Crippen molar-refractivity contribution in [3.8, 4) is 0 Å². The number of likely N-dealkylation sites (N-methyl/N-ethyl adjacent to an activating group) is 1.